The van der Waals surface area contributed by atoms with Crippen molar-refractivity contribution in [3.63, 3.8) is 0 Å². The third-order valence-electron chi connectivity index (χ3n) is 2.37. The van der Waals surface area contributed by atoms with Crippen LogP contribution in [-0.4, -0.2) is 40.7 Å². The lowest BCUT2D eigenvalue weighted by Crippen LogP contribution is -2.15. The second-order valence-electron chi connectivity index (χ2n) is 3.90. The van der Waals surface area contributed by atoms with Gasteiger partial charge in [-0.25, -0.2) is 0 Å². The summed E-state index contributed by atoms with van der Waals surface area (Å²) < 4.78 is 4.49. The van der Waals surface area contributed by atoms with Crippen LogP contribution in [0.1, 0.15) is 0 Å². The summed E-state index contributed by atoms with van der Waals surface area (Å²) in [4.78, 5) is 22.6. The fraction of sp³-hybridized carbons (Fsp3) is 0.231. The van der Waals surface area contributed by atoms with Crippen molar-refractivity contribution in [2.24, 2.45) is 0 Å². The summed E-state index contributed by atoms with van der Waals surface area (Å²) in [5, 5.41) is 11.8. The molecule has 0 saturated heterocycles. The number of rotatable bonds is 6. The highest BCUT2D eigenvalue weighted by Gasteiger charge is 2.10. The third-order valence-corrected chi connectivity index (χ3v) is 4.17. The zero-order chi connectivity index (χ0) is 15.1. The van der Waals surface area contributed by atoms with E-state index in [-0.39, 0.29) is 23.4 Å². The Labute approximate surface area is 129 Å². The van der Waals surface area contributed by atoms with E-state index in [0.717, 1.165) is 10.6 Å². The fourth-order valence-electron chi connectivity index (χ4n) is 1.41. The number of carbonyl (C=O) groups is 2. The first kappa shape index (κ1) is 15.5. The highest BCUT2D eigenvalue weighted by atomic mass is 32.2. The summed E-state index contributed by atoms with van der Waals surface area (Å²) in [5.41, 5.74) is 0.954. The van der Waals surface area contributed by atoms with E-state index in [2.05, 4.69) is 20.3 Å². The maximum absolute atomic E-state index is 11.7. The van der Waals surface area contributed by atoms with Crippen LogP contribution in [0.5, 0.6) is 0 Å². The predicted octanol–water partition coefficient (Wildman–Crippen LogP) is 2.05. The van der Waals surface area contributed by atoms with Gasteiger partial charge in [0.2, 0.25) is 11.0 Å². The van der Waals surface area contributed by atoms with Gasteiger partial charge in [0.1, 0.15) is 5.01 Å². The first-order valence-corrected chi connectivity index (χ1v) is 7.99. The summed E-state index contributed by atoms with van der Waals surface area (Å²) in [6, 6.07) is 9.61. The van der Waals surface area contributed by atoms with Crippen molar-refractivity contribution in [3.05, 3.63) is 30.3 Å². The lowest BCUT2D eigenvalue weighted by molar-refractivity contribution is -0.137. The molecule has 0 bridgehead atoms. The SMILES string of the molecule is COC(=O)CSCC(=O)Nc1nnc(-c2ccccc2)s1. The van der Waals surface area contributed by atoms with Crippen molar-refractivity contribution >= 4 is 40.1 Å². The van der Waals surface area contributed by atoms with Crippen molar-refractivity contribution in [1.82, 2.24) is 10.2 Å². The fourth-order valence-corrected chi connectivity index (χ4v) is 2.82. The van der Waals surface area contributed by atoms with E-state index >= 15 is 0 Å². The molecule has 110 valence electrons. The van der Waals surface area contributed by atoms with Gasteiger partial charge in [-0.3, -0.25) is 14.9 Å². The molecule has 0 fully saturated rings. The van der Waals surface area contributed by atoms with Crippen LogP contribution in [0.25, 0.3) is 10.6 Å². The van der Waals surface area contributed by atoms with Gasteiger partial charge in [0, 0.05) is 5.56 Å². The van der Waals surface area contributed by atoms with Crippen molar-refractivity contribution in [2.45, 2.75) is 0 Å². The number of hydrogen-bond acceptors (Lipinski definition) is 7. The van der Waals surface area contributed by atoms with Crippen molar-refractivity contribution in [2.75, 3.05) is 23.9 Å². The molecule has 1 N–H and O–H groups in total. The smallest absolute Gasteiger partial charge is 0.315 e. The van der Waals surface area contributed by atoms with Crippen LogP contribution in [0.3, 0.4) is 0 Å². The molecule has 1 aromatic carbocycles. The molecule has 6 nitrogen and oxygen atoms in total. The Bertz CT molecular complexity index is 616. The van der Waals surface area contributed by atoms with Gasteiger partial charge in [-0.15, -0.1) is 22.0 Å². The van der Waals surface area contributed by atoms with Gasteiger partial charge in [0.05, 0.1) is 18.6 Å². The number of benzene rings is 1. The van der Waals surface area contributed by atoms with Gasteiger partial charge in [-0.05, 0) is 0 Å². The summed E-state index contributed by atoms with van der Waals surface area (Å²) in [6.45, 7) is 0. The number of nitrogens with one attached hydrogen (secondary N) is 1. The molecule has 0 aliphatic rings. The summed E-state index contributed by atoms with van der Waals surface area (Å²) in [5.74, 6) is -0.264. The highest BCUT2D eigenvalue weighted by molar-refractivity contribution is 8.00. The number of nitrogens with zero attached hydrogens (tertiary/aromatic N) is 2. The minimum atomic E-state index is -0.352. The Balaban J connectivity index is 1.85. The minimum absolute atomic E-state index is 0.148. The Kier molecular flexibility index (Phi) is 5.70. The van der Waals surface area contributed by atoms with Gasteiger partial charge in [0.15, 0.2) is 0 Å². The normalized spacial score (nSPS) is 10.1. The number of methoxy groups -OCH3 is 1. The molecule has 0 aliphatic carbocycles. The van der Waals surface area contributed by atoms with Crippen LogP contribution >= 0.6 is 23.1 Å². The second-order valence-corrected chi connectivity index (χ2v) is 5.86. The molecule has 1 heterocycles. The number of ether oxygens (including phenoxy) is 1. The number of esters is 1. The van der Waals surface area contributed by atoms with Crippen LogP contribution < -0.4 is 5.32 Å². The topological polar surface area (TPSA) is 81.2 Å². The van der Waals surface area contributed by atoms with Crippen LogP contribution in [0.4, 0.5) is 5.13 Å². The standard InChI is InChI=1S/C13H13N3O3S2/c1-19-11(18)8-20-7-10(17)14-13-16-15-12(21-13)9-5-3-2-4-6-9/h2-6H,7-8H2,1H3,(H,14,16,17). The van der Waals surface area contributed by atoms with Gasteiger partial charge in [-0.1, -0.05) is 41.7 Å². The van der Waals surface area contributed by atoms with Crippen molar-refractivity contribution in [1.29, 1.82) is 0 Å². The van der Waals surface area contributed by atoms with E-state index in [1.54, 1.807) is 0 Å². The average molecular weight is 323 g/mol. The van der Waals surface area contributed by atoms with Gasteiger partial charge >= 0.3 is 5.97 Å². The summed E-state index contributed by atoms with van der Waals surface area (Å²) >= 11 is 2.49. The number of thioether (sulfide) groups is 1. The lowest BCUT2D eigenvalue weighted by atomic mass is 10.2. The zero-order valence-electron chi connectivity index (χ0n) is 11.2. The van der Waals surface area contributed by atoms with Crippen molar-refractivity contribution < 1.29 is 14.3 Å². The first-order valence-electron chi connectivity index (χ1n) is 6.02. The Morgan fingerprint density at radius 3 is 2.71 bits per heavy atom. The van der Waals surface area contributed by atoms with Crippen LogP contribution in [0.2, 0.25) is 0 Å². The van der Waals surface area contributed by atoms with E-state index in [1.807, 2.05) is 30.3 Å². The van der Waals surface area contributed by atoms with E-state index < -0.39 is 0 Å². The summed E-state index contributed by atoms with van der Waals surface area (Å²) in [7, 11) is 1.31. The van der Waals surface area contributed by atoms with Crippen molar-refractivity contribution in [3.8, 4) is 10.6 Å². The maximum atomic E-state index is 11.7. The third kappa shape index (κ3) is 4.83. The van der Waals surface area contributed by atoms with Gasteiger partial charge < -0.3 is 4.74 Å². The largest absolute Gasteiger partial charge is 0.468 e. The minimum Gasteiger partial charge on any atom is -0.468 e. The molecule has 0 atom stereocenters. The zero-order valence-corrected chi connectivity index (χ0v) is 12.9. The molecule has 0 saturated carbocycles. The van der Waals surface area contributed by atoms with E-state index in [1.165, 1.54) is 30.2 Å². The molecular formula is C13H13N3O3S2. The molecule has 0 aliphatic heterocycles. The first-order chi connectivity index (χ1) is 10.2. The molecule has 8 heteroatoms. The Morgan fingerprint density at radius 2 is 2.00 bits per heavy atom. The quantitative estimate of drug-likeness (QED) is 0.820. The molecule has 0 spiro atoms. The maximum Gasteiger partial charge on any atom is 0.315 e. The molecule has 21 heavy (non-hydrogen) atoms. The molecule has 2 aromatic rings. The van der Waals surface area contributed by atoms with Gasteiger partial charge in [-0.2, -0.15) is 0 Å². The number of hydrogen-bond donors (Lipinski definition) is 1. The molecule has 0 unspecified atom stereocenters. The number of aromatic nitrogens is 2. The molecule has 0 radical (unpaired) electrons. The summed E-state index contributed by atoms with van der Waals surface area (Å²) in [6.07, 6.45) is 0. The van der Waals surface area contributed by atoms with E-state index in [9.17, 15) is 9.59 Å². The van der Waals surface area contributed by atoms with E-state index in [4.69, 9.17) is 0 Å². The van der Waals surface area contributed by atoms with E-state index in [0.29, 0.717) is 5.13 Å². The van der Waals surface area contributed by atoms with Crippen LogP contribution in [0.15, 0.2) is 30.3 Å². The number of amides is 1. The number of carbonyl (C=O) groups excluding carboxylic acids is 2. The molecule has 1 amide bonds. The number of anilines is 1. The molecular weight excluding hydrogens is 310 g/mol. The highest BCUT2D eigenvalue weighted by Crippen LogP contribution is 2.25. The lowest BCUT2D eigenvalue weighted by Gasteiger charge is -2.00. The van der Waals surface area contributed by atoms with Crippen LogP contribution in [-0.2, 0) is 14.3 Å². The monoisotopic (exact) mass is 323 g/mol. The van der Waals surface area contributed by atoms with Crippen LogP contribution in [0, 0.1) is 0 Å². The van der Waals surface area contributed by atoms with Gasteiger partial charge in [0.25, 0.3) is 0 Å². The predicted molar refractivity (Wildman–Crippen MR) is 83.3 cm³/mol. The molecule has 1 aromatic heterocycles. The second kappa shape index (κ2) is 7.75. The molecule has 2 rings (SSSR count). The average Bonchev–Trinajstić information content (AvgIpc) is 2.96. The Hall–Kier alpha value is -1.93. The Morgan fingerprint density at radius 1 is 1.24 bits per heavy atom.